The predicted octanol–water partition coefficient (Wildman–Crippen LogP) is 3.98. The van der Waals surface area contributed by atoms with Gasteiger partial charge in [-0.3, -0.25) is 10.1 Å². The average Bonchev–Trinajstić information content (AvgIpc) is 3.08. The minimum absolute atomic E-state index is 0.0757. The number of rotatable bonds is 8. The van der Waals surface area contributed by atoms with Crippen molar-refractivity contribution in [2.45, 2.75) is 31.6 Å². The number of anilines is 1. The van der Waals surface area contributed by atoms with E-state index in [-0.39, 0.29) is 15.8 Å². The summed E-state index contributed by atoms with van der Waals surface area (Å²) in [5.74, 6) is -0.374. The van der Waals surface area contributed by atoms with Crippen molar-refractivity contribution in [3.8, 4) is 0 Å². The Labute approximate surface area is 178 Å². The summed E-state index contributed by atoms with van der Waals surface area (Å²) in [5, 5.41) is 5.42. The summed E-state index contributed by atoms with van der Waals surface area (Å²) in [6.07, 6.45) is 1.50. The van der Waals surface area contributed by atoms with Gasteiger partial charge in [-0.25, -0.2) is 8.42 Å². The van der Waals surface area contributed by atoms with E-state index in [1.807, 2.05) is 13.8 Å². The number of halogens is 1. The quantitative estimate of drug-likeness (QED) is 0.547. The SMILES string of the molecule is CCCN(CCC)S(=O)(=O)c1ccc(NC(=S)NC(=O)c2ccc(Br)o2)cc1. The molecule has 2 rings (SSSR count). The fourth-order valence-electron chi connectivity index (χ4n) is 2.47. The van der Waals surface area contributed by atoms with Crippen LogP contribution in [0.3, 0.4) is 0 Å². The van der Waals surface area contributed by atoms with E-state index in [1.54, 1.807) is 18.2 Å². The summed E-state index contributed by atoms with van der Waals surface area (Å²) in [6.45, 7) is 4.86. The summed E-state index contributed by atoms with van der Waals surface area (Å²) in [4.78, 5) is 12.2. The third kappa shape index (κ3) is 5.87. The molecular weight excluding hydrogens is 466 g/mol. The van der Waals surface area contributed by atoms with Crippen LogP contribution in [0.4, 0.5) is 5.69 Å². The van der Waals surface area contributed by atoms with E-state index in [0.29, 0.717) is 23.4 Å². The summed E-state index contributed by atoms with van der Waals surface area (Å²) >= 11 is 8.24. The lowest BCUT2D eigenvalue weighted by atomic mass is 10.3. The first-order valence-corrected chi connectivity index (χ1v) is 11.4. The Morgan fingerprint density at radius 1 is 1.11 bits per heavy atom. The summed E-state index contributed by atoms with van der Waals surface area (Å²) in [5.41, 5.74) is 0.558. The van der Waals surface area contributed by atoms with Crippen LogP contribution in [0.1, 0.15) is 37.2 Å². The van der Waals surface area contributed by atoms with Crippen molar-refractivity contribution in [1.82, 2.24) is 9.62 Å². The van der Waals surface area contributed by atoms with Gasteiger partial charge in [-0.2, -0.15) is 4.31 Å². The smallest absolute Gasteiger partial charge is 0.293 e. The van der Waals surface area contributed by atoms with Gasteiger partial charge in [-0.05, 0) is 77.4 Å². The largest absolute Gasteiger partial charge is 0.444 e. The molecule has 0 aliphatic heterocycles. The second-order valence-electron chi connectivity index (χ2n) is 5.94. The Hall–Kier alpha value is -1.75. The summed E-state index contributed by atoms with van der Waals surface area (Å²) in [7, 11) is -3.54. The molecule has 0 spiro atoms. The Balaban J connectivity index is 2.03. The van der Waals surface area contributed by atoms with Crippen LogP contribution >= 0.6 is 28.1 Å². The van der Waals surface area contributed by atoms with Crippen molar-refractivity contribution in [2.75, 3.05) is 18.4 Å². The van der Waals surface area contributed by atoms with Crippen molar-refractivity contribution in [3.63, 3.8) is 0 Å². The molecule has 1 aromatic heterocycles. The topological polar surface area (TPSA) is 91.7 Å². The standard InChI is InChI=1S/C18H22BrN3O4S2/c1-3-11-22(12-4-2)28(24,25)14-7-5-13(6-8-14)20-18(27)21-17(23)15-9-10-16(19)26-15/h5-10H,3-4,11-12H2,1-2H3,(H2,20,21,23,27). The van der Waals surface area contributed by atoms with Gasteiger partial charge in [0.2, 0.25) is 10.0 Å². The molecule has 0 bridgehead atoms. The minimum Gasteiger partial charge on any atom is -0.444 e. The zero-order chi connectivity index (χ0) is 20.7. The van der Waals surface area contributed by atoms with Crippen molar-refractivity contribution < 1.29 is 17.6 Å². The molecule has 0 atom stereocenters. The molecule has 0 radical (unpaired) electrons. The van der Waals surface area contributed by atoms with Gasteiger partial charge >= 0.3 is 0 Å². The predicted molar refractivity (Wildman–Crippen MR) is 116 cm³/mol. The lowest BCUT2D eigenvalue weighted by Crippen LogP contribution is -2.34. The summed E-state index contributed by atoms with van der Waals surface area (Å²) < 4.78 is 32.6. The van der Waals surface area contributed by atoms with Gasteiger partial charge in [0.15, 0.2) is 15.5 Å². The van der Waals surface area contributed by atoms with E-state index in [9.17, 15) is 13.2 Å². The number of hydrogen-bond acceptors (Lipinski definition) is 5. The van der Waals surface area contributed by atoms with E-state index in [2.05, 4.69) is 26.6 Å². The van der Waals surface area contributed by atoms with Crippen LogP contribution in [0.25, 0.3) is 0 Å². The molecular formula is C18H22BrN3O4S2. The van der Waals surface area contributed by atoms with Crippen molar-refractivity contribution in [2.24, 2.45) is 0 Å². The maximum Gasteiger partial charge on any atom is 0.293 e. The molecule has 1 heterocycles. The van der Waals surface area contributed by atoms with Gasteiger partial charge in [-0.15, -0.1) is 0 Å². The molecule has 152 valence electrons. The molecule has 0 aliphatic carbocycles. The monoisotopic (exact) mass is 487 g/mol. The van der Waals surface area contributed by atoms with E-state index < -0.39 is 15.9 Å². The maximum atomic E-state index is 12.8. The van der Waals surface area contributed by atoms with E-state index in [0.717, 1.165) is 12.8 Å². The van der Waals surface area contributed by atoms with Gasteiger partial charge in [0.05, 0.1) is 4.90 Å². The molecule has 2 aromatic rings. The third-order valence-electron chi connectivity index (χ3n) is 3.72. The van der Waals surface area contributed by atoms with Gasteiger partial charge in [-0.1, -0.05) is 13.8 Å². The van der Waals surface area contributed by atoms with Crippen LogP contribution in [-0.2, 0) is 10.0 Å². The first-order valence-electron chi connectivity index (χ1n) is 8.75. The second-order valence-corrected chi connectivity index (χ2v) is 9.07. The van der Waals surface area contributed by atoms with Crippen molar-refractivity contribution in [1.29, 1.82) is 0 Å². The van der Waals surface area contributed by atoms with Crippen LogP contribution < -0.4 is 10.6 Å². The number of nitrogens with one attached hydrogen (secondary N) is 2. The van der Waals surface area contributed by atoms with Crippen LogP contribution in [0.15, 0.2) is 50.4 Å². The molecule has 0 saturated carbocycles. The second kappa shape index (κ2) is 10.1. The average molecular weight is 488 g/mol. The third-order valence-corrected chi connectivity index (χ3v) is 6.26. The highest BCUT2D eigenvalue weighted by atomic mass is 79.9. The molecule has 0 aliphatic rings. The van der Waals surface area contributed by atoms with E-state index in [1.165, 1.54) is 22.5 Å². The number of carbonyl (C=O) groups is 1. The van der Waals surface area contributed by atoms with Crippen molar-refractivity contribution >= 4 is 54.9 Å². The number of nitrogens with zero attached hydrogens (tertiary/aromatic N) is 1. The molecule has 1 aromatic carbocycles. The van der Waals surface area contributed by atoms with E-state index >= 15 is 0 Å². The fraction of sp³-hybridized carbons (Fsp3) is 0.333. The van der Waals surface area contributed by atoms with Gasteiger partial charge < -0.3 is 9.73 Å². The summed E-state index contributed by atoms with van der Waals surface area (Å²) in [6, 6.07) is 9.36. The fourth-order valence-corrected chi connectivity index (χ4v) is 4.61. The van der Waals surface area contributed by atoms with E-state index in [4.69, 9.17) is 16.6 Å². The Kier molecular flexibility index (Phi) is 8.17. The number of hydrogen-bond donors (Lipinski definition) is 2. The lowest BCUT2D eigenvalue weighted by molar-refractivity contribution is 0.0949. The number of sulfonamides is 1. The highest BCUT2D eigenvalue weighted by Gasteiger charge is 2.22. The molecule has 0 unspecified atom stereocenters. The maximum absolute atomic E-state index is 12.8. The first-order chi connectivity index (χ1) is 13.3. The van der Waals surface area contributed by atoms with Gasteiger partial charge in [0, 0.05) is 18.8 Å². The molecule has 0 fully saturated rings. The molecule has 28 heavy (non-hydrogen) atoms. The normalized spacial score (nSPS) is 11.4. The zero-order valence-corrected chi connectivity index (χ0v) is 18.8. The number of carbonyl (C=O) groups excluding carboxylic acids is 1. The van der Waals surface area contributed by atoms with Crippen LogP contribution in [0, 0.1) is 0 Å². The Bertz CT molecular complexity index is 921. The number of amides is 1. The van der Waals surface area contributed by atoms with Crippen LogP contribution in [0.2, 0.25) is 0 Å². The molecule has 0 saturated heterocycles. The van der Waals surface area contributed by atoms with Crippen LogP contribution in [0.5, 0.6) is 0 Å². The first kappa shape index (κ1) is 22.5. The number of furan rings is 1. The molecule has 2 N–H and O–H groups in total. The Morgan fingerprint density at radius 2 is 1.71 bits per heavy atom. The van der Waals surface area contributed by atoms with Crippen LogP contribution in [-0.4, -0.2) is 36.8 Å². The zero-order valence-electron chi connectivity index (χ0n) is 15.6. The molecule has 10 heteroatoms. The highest BCUT2D eigenvalue weighted by Crippen LogP contribution is 2.19. The van der Waals surface area contributed by atoms with Crippen molar-refractivity contribution in [3.05, 3.63) is 46.8 Å². The minimum atomic E-state index is -3.54. The lowest BCUT2D eigenvalue weighted by Gasteiger charge is -2.21. The number of thiocarbonyl (C=S) groups is 1. The van der Waals surface area contributed by atoms with Gasteiger partial charge in [0.1, 0.15) is 0 Å². The molecule has 7 nitrogen and oxygen atoms in total. The molecule has 1 amide bonds. The number of benzene rings is 1. The highest BCUT2D eigenvalue weighted by molar-refractivity contribution is 9.10. The van der Waals surface area contributed by atoms with Gasteiger partial charge in [0.25, 0.3) is 5.91 Å². The Morgan fingerprint density at radius 3 is 2.21 bits per heavy atom.